The Kier molecular flexibility index (Phi) is 6.18. The minimum atomic E-state index is -4.39. The number of para-hydroxylation sites is 1. The third kappa shape index (κ3) is 5.01. The molecule has 0 radical (unpaired) electrons. The highest BCUT2D eigenvalue weighted by Crippen LogP contribution is 2.29. The van der Waals surface area contributed by atoms with E-state index >= 15 is 0 Å². The van der Waals surface area contributed by atoms with E-state index < -0.39 is 11.7 Å². The molecule has 3 rings (SSSR count). The highest BCUT2D eigenvalue weighted by Gasteiger charge is 2.31. The standard InChI is InChI=1S/C20H23F3N4O/c1-15(19(28)25-17-6-3-2-4-7-17)26-10-5-11-27(13-12-26)18-9-8-16(14-24-18)20(21,22)23/h2-4,6-9,14-15H,5,10-13H2,1H3,(H,25,28)/t15-/m0/s1. The van der Waals surface area contributed by atoms with Crippen molar-refractivity contribution in [2.45, 2.75) is 25.6 Å². The Balaban J connectivity index is 1.59. The fraction of sp³-hybridized carbons (Fsp3) is 0.400. The number of carbonyl (C=O) groups is 1. The van der Waals surface area contributed by atoms with Gasteiger partial charge in [-0.25, -0.2) is 4.98 Å². The van der Waals surface area contributed by atoms with Crippen LogP contribution in [0.15, 0.2) is 48.7 Å². The molecule has 1 N–H and O–H groups in total. The smallest absolute Gasteiger partial charge is 0.355 e. The minimum Gasteiger partial charge on any atom is -0.355 e. The number of hydrogen-bond donors (Lipinski definition) is 1. The Morgan fingerprint density at radius 1 is 1.07 bits per heavy atom. The third-order valence-corrected chi connectivity index (χ3v) is 4.90. The molecule has 1 atom stereocenters. The molecule has 1 aliphatic heterocycles. The van der Waals surface area contributed by atoms with Gasteiger partial charge in [-0.3, -0.25) is 9.69 Å². The lowest BCUT2D eigenvalue weighted by molar-refractivity contribution is -0.137. The summed E-state index contributed by atoms with van der Waals surface area (Å²) in [4.78, 5) is 20.5. The molecule has 150 valence electrons. The van der Waals surface area contributed by atoms with Gasteiger partial charge in [0, 0.05) is 38.1 Å². The summed E-state index contributed by atoms with van der Waals surface area (Å²) in [5.74, 6) is 0.448. The second-order valence-corrected chi connectivity index (χ2v) is 6.81. The van der Waals surface area contributed by atoms with Gasteiger partial charge in [0.1, 0.15) is 5.82 Å². The van der Waals surface area contributed by atoms with E-state index in [4.69, 9.17) is 0 Å². The summed E-state index contributed by atoms with van der Waals surface area (Å²) in [6, 6.07) is 11.4. The van der Waals surface area contributed by atoms with E-state index in [1.807, 2.05) is 42.2 Å². The predicted octanol–water partition coefficient (Wildman–Crippen LogP) is 3.64. The first-order valence-electron chi connectivity index (χ1n) is 9.23. The molecule has 0 bridgehead atoms. The molecule has 2 aromatic rings. The second kappa shape index (κ2) is 8.60. The highest BCUT2D eigenvalue weighted by atomic mass is 19.4. The van der Waals surface area contributed by atoms with Gasteiger partial charge in [0.25, 0.3) is 0 Å². The molecule has 1 aromatic heterocycles. The van der Waals surface area contributed by atoms with E-state index in [0.717, 1.165) is 30.9 Å². The Bertz CT molecular complexity index is 780. The van der Waals surface area contributed by atoms with E-state index in [1.165, 1.54) is 6.07 Å². The van der Waals surface area contributed by atoms with Gasteiger partial charge in [-0.05, 0) is 37.6 Å². The van der Waals surface area contributed by atoms with Gasteiger partial charge in [-0.15, -0.1) is 0 Å². The molecule has 1 amide bonds. The zero-order valence-corrected chi connectivity index (χ0v) is 15.6. The number of rotatable bonds is 4. The van der Waals surface area contributed by atoms with Crippen molar-refractivity contribution in [1.29, 1.82) is 0 Å². The molecule has 2 heterocycles. The molecule has 1 aromatic carbocycles. The first-order chi connectivity index (χ1) is 13.3. The lowest BCUT2D eigenvalue weighted by atomic mass is 10.2. The Labute approximate surface area is 162 Å². The Morgan fingerprint density at radius 3 is 2.46 bits per heavy atom. The molecule has 28 heavy (non-hydrogen) atoms. The number of halogens is 3. The quantitative estimate of drug-likeness (QED) is 0.863. The zero-order valence-electron chi connectivity index (χ0n) is 15.6. The molecule has 8 heteroatoms. The number of carbonyl (C=O) groups excluding carboxylic acids is 1. The van der Waals surface area contributed by atoms with Crippen LogP contribution in [0.1, 0.15) is 18.9 Å². The monoisotopic (exact) mass is 392 g/mol. The molecule has 5 nitrogen and oxygen atoms in total. The summed E-state index contributed by atoms with van der Waals surface area (Å²) in [6.45, 7) is 4.51. The average Bonchev–Trinajstić information content (AvgIpc) is 2.94. The van der Waals surface area contributed by atoms with Crippen molar-refractivity contribution in [3.63, 3.8) is 0 Å². The zero-order chi connectivity index (χ0) is 20.1. The van der Waals surface area contributed by atoms with Crippen LogP contribution in [0.4, 0.5) is 24.7 Å². The summed E-state index contributed by atoms with van der Waals surface area (Å²) in [7, 11) is 0. The van der Waals surface area contributed by atoms with Crippen LogP contribution in [0, 0.1) is 0 Å². The van der Waals surface area contributed by atoms with Gasteiger partial charge < -0.3 is 10.2 Å². The molecule has 0 saturated carbocycles. The van der Waals surface area contributed by atoms with Crippen molar-refractivity contribution >= 4 is 17.4 Å². The average molecular weight is 392 g/mol. The van der Waals surface area contributed by atoms with Gasteiger partial charge in [0.05, 0.1) is 11.6 Å². The summed E-state index contributed by atoms with van der Waals surface area (Å²) < 4.78 is 38.1. The molecule has 1 saturated heterocycles. The largest absolute Gasteiger partial charge is 0.417 e. The lowest BCUT2D eigenvalue weighted by Crippen LogP contribution is -2.44. The summed E-state index contributed by atoms with van der Waals surface area (Å²) >= 11 is 0. The maximum atomic E-state index is 12.7. The van der Waals surface area contributed by atoms with Crippen LogP contribution < -0.4 is 10.2 Å². The first kappa shape index (κ1) is 20.1. The summed E-state index contributed by atoms with van der Waals surface area (Å²) in [5, 5.41) is 2.91. The number of nitrogens with zero attached hydrogens (tertiary/aromatic N) is 3. The minimum absolute atomic E-state index is 0.0766. The fourth-order valence-electron chi connectivity index (χ4n) is 3.23. The van der Waals surface area contributed by atoms with E-state index in [0.29, 0.717) is 25.5 Å². The van der Waals surface area contributed by atoms with Crippen LogP contribution in [0.3, 0.4) is 0 Å². The van der Waals surface area contributed by atoms with E-state index in [9.17, 15) is 18.0 Å². The predicted molar refractivity (Wildman–Crippen MR) is 102 cm³/mol. The number of anilines is 2. The molecule has 0 unspecified atom stereocenters. The van der Waals surface area contributed by atoms with Crippen molar-refractivity contribution in [1.82, 2.24) is 9.88 Å². The molecule has 0 spiro atoms. The normalized spacial score (nSPS) is 17.1. The number of alkyl halides is 3. The van der Waals surface area contributed by atoms with Crippen molar-refractivity contribution in [2.24, 2.45) is 0 Å². The van der Waals surface area contributed by atoms with Gasteiger partial charge in [-0.2, -0.15) is 13.2 Å². The van der Waals surface area contributed by atoms with Crippen LogP contribution in [0.2, 0.25) is 0 Å². The van der Waals surface area contributed by atoms with Gasteiger partial charge >= 0.3 is 6.18 Å². The maximum absolute atomic E-state index is 12.7. The van der Waals surface area contributed by atoms with Crippen molar-refractivity contribution in [3.8, 4) is 0 Å². The van der Waals surface area contributed by atoms with Crippen molar-refractivity contribution in [2.75, 3.05) is 36.4 Å². The highest BCUT2D eigenvalue weighted by molar-refractivity contribution is 5.94. The Hall–Kier alpha value is -2.61. The fourth-order valence-corrected chi connectivity index (χ4v) is 3.23. The van der Waals surface area contributed by atoms with E-state index in [1.54, 1.807) is 0 Å². The van der Waals surface area contributed by atoms with Crippen molar-refractivity contribution < 1.29 is 18.0 Å². The van der Waals surface area contributed by atoms with Gasteiger partial charge in [-0.1, -0.05) is 18.2 Å². The van der Waals surface area contributed by atoms with Gasteiger partial charge in [0.15, 0.2) is 0 Å². The van der Waals surface area contributed by atoms with Crippen LogP contribution in [0.25, 0.3) is 0 Å². The number of benzene rings is 1. The molecule has 1 aliphatic rings. The van der Waals surface area contributed by atoms with Gasteiger partial charge in [0.2, 0.25) is 5.91 Å². The molecular formula is C20H23F3N4O. The number of amides is 1. The number of nitrogens with one attached hydrogen (secondary N) is 1. The van der Waals surface area contributed by atoms with E-state index in [-0.39, 0.29) is 11.9 Å². The van der Waals surface area contributed by atoms with Crippen molar-refractivity contribution in [3.05, 3.63) is 54.2 Å². The number of hydrogen-bond acceptors (Lipinski definition) is 4. The third-order valence-electron chi connectivity index (χ3n) is 4.90. The summed E-state index contributed by atoms with van der Waals surface area (Å²) in [5.41, 5.74) is 0.00339. The molecule has 0 aliphatic carbocycles. The topological polar surface area (TPSA) is 48.5 Å². The lowest BCUT2D eigenvalue weighted by Gasteiger charge is -2.27. The second-order valence-electron chi connectivity index (χ2n) is 6.81. The van der Waals surface area contributed by atoms with E-state index in [2.05, 4.69) is 15.2 Å². The molecular weight excluding hydrogens is 369 g/mol. The van der Waals surface area contributed by atoms with Crippen LogP contribution in [0.5, 0.6) is 0 Å². The first-order valence-corrected chi connectivity index (χ1v) is 9.23. The maximum Gasteiger partial charge on any atom is 0.417 e. The van der Waals surface area contributed by atoms with Crippen LogP contribution in [-0.2, 0) is 11.0 Å². The van der Waals surface area contributed by atoms with Crippen LogP contribution >= 0.6 is 0 Å². The number of aromatic nitrogens is 1. The summed E-state index contributed by atoms with van der Waals surface area (Å²) in [6.07, 6.45) is -2.72. The number of pyridine rings is 1. The molecule has 1 fully saturated rings. The Morgan fingerprint density at radius 2 is 1.82 bits per heavy atom. The SMILES string of the molecule is C[C@@H](C(=O)Nc1ccccc1)N1CCCN(c2ccc(C(F)(F)F)cn2)CC1. The van der Waals surface area contributed by atoms with Crippen LogP contribution in [-0.4, -0.2) is 48.0 Å².